The third-order valence-corrected chi connectivity index (χ3v) is 4.84. The van der Waals surface area contributed by atoms with Crippen LogP contribution in [0.4, 0.5) is 0 Å². The van der Waals surface area contributed by atoms with E-state index in [2.05, 4.69) is 19.2 Å². The molecule has 1 aliphatic carbocycles. The summed E-state index contributed by atoms with van der Waals surface area (Å²) < 4.78 is 5.76. The van der Waals surface area contributed by atoms with Gasteiger partial charge in [-0.15, -0.1) is 0 Å². The molecule has 0 bridgehead atoms. The second-order valence-corrected chi connectivity index (χ2v) is 6.41. The van der Waals surface area contributed by atoms with Crippen LogP contribution in [0.25, 0.3) is 0 Å². The molecule has 2 rings (SSSR count). The quantitative estimate of drug-likeness (QED) is 0.778. The molecule has 0 amide bonds. The van der Waals surface area contributed by atoms with Gasteiger partial charge in [-0.05, 0) is 56.9 Å². The molecule has 0 aromatic rings. The van der Waals surface area contributed by atoms with Crippen molar-refractivity contribution in [3.05, 3.63) is 0 Å². The van der Waals surface area contributed by atoms with E-state index in [4.69, 9.17) is 4.74 Å². The van der Waals surface area contributed by atoms with Crippen molar-refractivity contribution in [2.75, 3.05) is 13.2 Å². The van der Waals surface area contributed by atoms with Crippen molar-refractivity contribution in [1.82, 2.24) is 5.32 Å². The highest BCUT2D eigenvalue weighted by Gasteiger charge is 2.27. The van der Waals surface area contributed by atoms with E-state index in [1.807, 2.05) is 0 Å². The first-order valence-electron chi connectivity index (χ1n) is 8.14. The molecule has 2 heteroatoms. The highest BCUT2D eigenvalue weighted by molar-refractivity contribution is 4.82. The van der Waals surface area contributed by atoms with E-state index in [9.17, 15) is 0 Å². The lowest BCUT2D eigenvalue weighted by molar-refractivity contribution is 0.0944. The van der Waals surface area contributed by atoms with Crippen molar-refractivity contribution in [3.8, 4) is 0 Å². The Kier molecular flexibility index (Phi) is 5.97. The zero-order chi connectivity index (χ0) is 12.8. The van der Waals surface area contributed by atoms with Crippen LogP contribution in [0.2, 0.25) is 0 Å². The molecule has 0 spiro atoms. The molecule has 2 aliphatic rings. The van der Waals surface area contributed by atoms with Gasteiger partial charge in [0.25, 0.3) is 0 Å². The van der Waals surface area contributed by atoms with Gasteiger partial charge in [-0.25, -0.2) is 0 Å². The van der Waals surface area contributed by atoms with Crippen LogP contribution in [0.1, 0.15) is 65.2 Å². The molecule has 1 saturated heterocycles. The minimum Gasteiger partial charge on any atom is -0.378 e. The number of rotatable bonds is 6. The molecule has 0 aromatic carbocycles. The van der Waals surface area contributed by atoms with Gasteiger partial charge in [0.2, 0.25) is 0 Å². The Morgan fingerprint density at radius 3 is 2.78 bits per heavy atom. The predicted molar refractivity (Wildman–Crippen MR) is 76.8 cm³/mol. The predicted octanol–water partition coefficient (Wildman–Crippen LogP) is 3.75. The summed E-state index contributed by atoms with van der Waals surface area (Å²) in [6.07, 6.45) is 11.5. The van der Waals surface area contributed by atoms with Crippen LogP contribution in [0.15, 0.2) is 0 Å². The van der Waals surface area contributed by atoms with E-state index in [1.165, 1.54) is 51.4 Å². The van der Waals surface area contributed by atoms with Gasteiger partial charge >= 0.3 is 0 Å². The topological polar surface area (TPSA) is 21.3 Å². The first kappa shape index (κ1) is 14.3. The first-order valence-corrected chi connectivity index (χ1v) is 8.14. The van der Waals surface area contributed by atoms with Crippen LogP contribution < -0.4 is 5.32 Å². The maximum Gasteiger partial charge on any atom is 0.0576 e. The Labute approximate surface area is 113 Å². The van der Waals surface area contributed by atoms with Crippen molar-refractivity contribution in [3.63, 3.8) is 0 Å². The van der Waals surface area contributed by atoms with Crippen LogP contribution >= 0.6 is 0 Å². The highest BCUT2D eigenvalue weighted by Crippen LogP contribution is 2.32. The molecule has 2 fully saturated rings. The van der Waals surface area contributed by atoms with Crippen LogP contribution in [-0.2, 0) is 4.74 Å². The Bertz CT molecular complexity index is 225. The standard InChI is InChI=1S/C16H31NO/c1-3-17-16(10-9-15-8-5-11-18-15)14-7-4-6-13(2)12-14/h13-17H,3-12H2,1-2H3. The zero-order valence-corrected chi connectivity index (χ0v) is 12.3. The summed E-state index contributed by atoms with van der Waals surface area (Å²) in [5.41, 5.74) is 0. The maximum atomic E-state index is 5.76. The van der Waals surface area contributed by atoms with Gasteiger partial charge in [-0.2, -0.15) is 0 Å². The second kappa shape index (κ2) is 7.49. The smallest absolute Gasteiger partial charge is 0.0576 e. The van der Waals surface area contributed by atoms with E-state index in [0.717, 1.165) is 31.0 Å². The average molecular weight is 253 g/mol. The molecular formula is C16H31NO. The summed E-state index contributed by atoms with van der Waals surface area (Å²) in [4.78, 5) is 0. The fraction of sp³-hybridized carbons (Fsp3) is 1.00. The van der Waals surface area contributed by atoms with E-state index >= 15 is 0 Å². The fourth-order valence-corrected chi connectivity index (χ4v) is 3.85. The van der Waals surface area contributed by atoms with Gasteiger partial charge in [0.05, 0.1) is 6.10 Å². The van der Waals surface area contributed by atoms with Crippen molar-refractivity contribution in [1.29, 1.82) is 0 Å². The Hall–Kier alpha value is -0.0800. The van der Waals surface area contributed by atoms with E-state index in [-0.39, 0.29) is 0 Å². The molecule has 2 nitrogen and oxygen atoms in total. The molecule has 1 aliphatic heterocycles. The van der Waals surface area contributed by atoms with Gasteiger partial charge in [0, 0.05) is 12.6 Å². The summed E-state index contributed by atoms with van der Waals surface area (Å²) in [5, 5.41) is 3.74. The van der Waals surface area contributed by atoms with Crippen LogP contribution in [0, 0.1) is 11.8 Å². The molecular weight excluding hydrogens is 222 g/mol. The molecule has 4 unspecified atom stereocenters. The summed E-state index contributed by atoms with van der Waals surface area (Å²) in [7, 11) is 0. The molecule has 1 heterocycles. The van der Waals surface area contributed by atoms with Gasteiger partial charge in [0.1, 0.15) is 0 Å². The van der Waals surface area contributed by atoms with Gasteiger partial charge < -0.3 is 10.1 Å². The molecule has 106 valence electrons. The monoisotopic (exact) mass is 253 g/mol. The lowest BCUT2D eigenvalue weighted by atomic mass is 9.77. The summed E-state index contributed by atoms with van der Waals surface area (Å²) in [5.74, 6) is 1.85. The van der Waals surface area contributed by atoms with E-state index in [1.54, 1.807) is 0 Å². The van der Waals surface area contributed by atoms with Crippen molar-refractivity contribution < 1.29 is 4.74 Å². The average Bonchev–Trinajstić information content (AvgIpc) is 2.87. The Balaban J connectivity index is 1.78. The third-order valence-electron chi connectivity index (χ3n) is 4.84. The molecule has 1 N–H and O–H groups in total. The lowest BCUT2D eigenvalue weighted by Crippen LogP contribution is -2.38. The van der Waals surface area contributed by atoms with Gasteiger partial charge in [0.15, 0.2) is 0 Å². The summed E-state index contributed by atoms with van der Waals surface area (Å²) >= 11 is 0. The largest absolute Gasteiger partial charge is 0.378 e. The molecule has 18 heavy (non-hydrogen) atoms. The molecule has 0 aromatic heterocycles. The Morgan fingerprint density at radius 2 is 2.11 bits per heavy atom. The highest BCUT2D eigenvalue weighted by atomic mass is 16.5. The number of hydrogen-bond donors (Lipinski definition) is 1. The normalized spacial score (nSPS) is 34.7. The summed E-state index contributed by atoms with van der Waals surface area (Å²) in [6.45, 7) is 6.78. The minimum absolute atomic E-state index is 0.562. The van der Waals surface area contributed by atoms with Crippen molar-refractivity contribution in [2.45, 2.75) is 77.4 Å². The van der Waals surface area contributed by atoms with E-state index < -0.39 is 0 Å². The number of ether oxygens (including phenoxy) is 1. The zero-order valence-electron chi connectivity index (χ0n) is 12.3. The third kappa shape index (κ3) is 4.24. The lowest BCUT2D eigenvalue weighted by Gasteiger charge is -2.34. The number of hydrogen-bond acceptors (Lipinski definition) is 2. The fourth-order valence-electron chi connectivity index (χ4n) is 3.85. The van der Waals surface area contributed by atoms with Crippen LogP contribution in [0.5, 0.6) is 0 Å². The molecule has 1 saturated carbocycles. The minimum atomic E-state index is 0.562. The molecule has 4 atom stereocenters. The SMILES string of the molecule is CCNC(CCC1CCCO1)C1CCCC(C)C1. The first-order chi connectivity index (χ1) is 8.79. The number of nitrogens with one attached hydrogen (secondary N) is 1. The van der Waals surface area contributed by atoms with E-state index in [0.29, 0.717) is 6.10 Å². The van der Waals surface area contributed by atoms with Gasteiger partial charge in [-0.3, -0.25) is 0 Å². The maximum absolute atomic E-state index is 5.76. The Morgan fingerprint density at radius 1 is 1.22 bits per heavy atom. The van der Waals surface area contributed by atoms with Crippen molar-refractivity contribution in [2.24, 2.45) is 11.8 Å². The molecule has 0 radical (unpaired) electrons. The second-order valence-electron chi connectivity index (χ2n) is 6.41. The van der Waals surface area contributed by atoms with Crippen LogP contribution in [0.3, 0.4) is 0 Å². The summed E-state index contributed by atoms with van der Waals surface area (Å²) in [6, 6.07) is 0.738. The van der Waals surface area contributed by atoms with Crippen LogP contribution in [-0.4, -0.2) is 25.3 Å². The van der Waals surface area contributed by atoms with Crippen molar-refractivity contribution >= 4 is 0 Å². The van der Waals surface area contributed by atoms with Gasteiger partial charge in [-0.1, -0.05) is 26.7 Å².